The molecular formula is C20H20N2O4. The van der Waals surface area contributed by atoms with Crippen LogP contribution in [-0.4, -0.2) is 32.0 Å². The highest BCUT2D eigenvalue weighted by Gasteiger charge is 2.45. The van der Waals surface area contributed by atoms with Gasteiger partial charge in [0.25, 0.3) is 0 Å². The molecule has 1 aliphatic rings. The number of rotatable bonds is 5. The lowest BCUT2D eigenvalue weighted by Gasteiger charge is -2.33. The second-order valence-electron chi connectivity index (χ2n) is 6.02. The van der Waals surface area contributed by atoms with Crippen molar-refractivity contribution in [2.45, 2.75) is 18.6 Å². The molecule has 0 saturated carbocycles. The molecule has 0 radical (unpaired) electrons. The third kappa shape index (κ3) is 3.63. The molecule has 0 N–H and O–H groups in total. The van der Waals surface area contributed by atoms with Crippen LogP contribution in [0.15, 0.2) is 54.6 Å². The number of nitriles is 1. The highest BCUT2D eigenvalue weighted by Crippen LogP contribution is 2.33. The Morgan fingerprint density at radius 1 is 1.23 bits per heavy atom. The highest BCUT2D eigenvalue weighted by molar-refractivity contribution is 5.90. The van der Waals surface area contributed by atoms with Crippen LogP contribution in [0.1, 0.15) is 12.0 Å². The summed E-state index contributed by atoms with van der Waals surface area (Å²) in [5, 5.41) is 9.78. The van der Waals surface area contributed by atoms with Gasteiger partial charge < -0.3 is 14.2 Å². The Balaban J connectivity index is 1.86. The first-order chi connectivity index (χ1) is 12.7. The molecule has 1 aliphatic heterocycles. The van der Waals surface area contributed by atoms with Gasteiger partial charge in [0.05, 0.1) is 26.4 Å². The molecule has 0 spiro atoms. The van der Waals surface area contributed by atoms with Crippen LogP contribution in [0.5, 0.6) is 5.75 Å². The van der Waals surface area contributed by atoms with Crippen molar-refractivity contribution in [3.8, 4) is 11.8 Å². The largest absolute Gasteiger partial charge is 0.497 e. The van der Waals surface area contributed by atoms with E-state index in [9.17, 15) is 10.1 Å². The number of hydrogen-bond donors (Lipinski definition) is 0. The summed E-state index contributed by atoms with van der Waals surface area (Å²) in [5.74, 6) is 0.667. The smallest absolute Gasteiger partial charge is 0.416 e. The van der Waals surface area contributed by atoms with Crippen molar-refractivity contribution < 1.29 is 19.0 Å². The molecule has 1 amide bonds. The van der Waals surface area contributed by atoms with Gasteiger partial charge in [0.2, 0.25) is 0 Å². The SMILES string of the molecule is COc1ccc(N(C(=O)OCc2ccccc2)C2(C#N)CCOC2)cc1. The van der Waals surface area contributed by atoms with Gasteiger partial charge in [-0.1, -0.05) is 30.3 Å². The lowest BCUT2D eigenvalue weighted by atomic mass is 9.97. The van der Waals surface area contributed by atoms with E-state index in [1.807, 2.05) is 30.3 Å². The minimum absolute atomic E-state index is 0.134. The van der Waals surface area contributed by atoms with Gasteiger partial charge in [-0.25, -0.2) is 4.79 Å². The second kappa shape index (κ2) is 7.89. The van der Waals surface area contributed by atoms with Crippen LogP contribution < -0.4 is 9.64 Å². The molecule has 1 heterocycles. The maximum absolute atomic E-state index is 12.9. The number of ether oxygens (including phenoxy) is 3. The maximum atomic E-state index is 12.9. The molecule has 1 fully saturated rings. The Kier molecular flexibility index (Phi) is 5.40. The molecule has 3 rings (SSSR count). The Labute approximate surface area is 152 Å². The number of amides is 1. The molecule has 2 aromatic rings. The average molecular weight is 352 g/mol. The second-order valence-corrected chi connectivity index (χ2v) is 6.02. The average Bonchev–Trinajstić information content (AvgIpc) is 3.18. The summed E-state index contributed by atoms with van der Waals surface area (Å²) >= 11 is 0. The van der Waals surface area contributed by atoms with Gasteiger partial charge in [0.15, 0.2) is 5.54 Å². The molecule has 134 valence electrons. The van der Waals surface area contributed by atoms with Gasteiger partial charge in [-0.05, 0) is 29.8 Å². The first-order valence-corrected chi connectivity index (χ1v) is 8.32. The van der Waals surface area contributed by atoms with Gasteiger partial charge in [0.1, 0.15) is 12.4 Å². The molecule has 1 unspecified atom stereocenters. The molecule has 1 atom stereocenters. The molecule has 6 heteroatoms. The number of benzene rings is 2. The fraction of sp³-hybridized carbons (Fsp3) is 0.300. The van der Waals surface area contributed by atoms with E-state index in [0.717, 1.165) is 5.56 Å². The van der Waals surface area contributed by atoms with Crippen LogP contribution in [0.25, 0.3) is 0 Å². The highest BCUT2D eigenvalue weighted by atomic mass is 16.6. The van der Waals surface area contributed by atoms with Crippen LogP contribution in [0, 0.1) is 11.3 Å². The van der Waals surface area contributed by atoms with E-state index in [4.69, 9.17) is 14.2 Å². The molecule has 0 aliphatic carbocycles. The van der Waals surface area contributed by atoms with Crippen LogP contribution >= 0.6 is 0 Å². The predicted octanol–water partition coefficient (Wildman–Crippen LogP) is 3.52. The zero-order valence-electron chi connectivity index (χ0n) is 14.6. The standard InChI is InChI=1S/C20H20N2O4/c1-24-18-9-7-17(8-10-18)22(20(14-21)11-12-25-15-20)19(23)26-13-16-5-3-2-4-6-16/h2-10H,11-13,15H2,1H3. The summed E-state index contributed by atoms with van der Waals surface area (Å²) in [7, 11) is 1.57. The van der Waals surface area contributed by atoms with E-state index in [-0.39, 0.29) is 13.2 Å². The number of nitrogens with zero attached hydrogens (tertiary/aromatic N) is 2. The first-order valence-electron chi connectivity index (χ1n) is 8.32. The van der Waals surface area contributed by atoms with Gasteiger partial charge in [0, 0.05) is 12.1 Å². The molecule has 6 nitrogen and oxygen atoms in total. The minimum atomic E-state index is -1.08. The van der Waals surface area contributed by atoms with Crippen LogP contribution in [0.2, 0.25) is 0 Å². The molecule has 0 aromatic heterocycles. The topological polar surface area (TPSA) is 71.8 Å². The molecular weight excluding hydrogens is 332 g/mol. The molecule has 0 bridgehead atoms. The van der Waals surface area contributed by atoms with E-state index in [1.54, 1.807) is 31.4 Å². The van der Waals surface area contributed by atoms with E-state index < -0.39 is 11.6 Å². The van der Waals surface area contributed by atoms with Gasteiger partial charge in [-0.2, -0.15) is 5.26 Å². The summed E-state index contributed by atoms with van der Waals surface area (Å²) in [6, 6.07) is 18.6. The van der Waals surface area contributed by atoms with Gasteiger partial charge >= 0.3 is 6.09 Å². The normalized spacial score (nSPS) is 18.8. The maximum Gasteiger partial charge on any atom is 0.416 e. The quantitative estimate of drug-likeness (QED) is 0.823. The Morgan fingerprint density at radius 3 is 2.54 bits per heavy atom. The van der Waals surface area contributed by atoms with Crippen LogP contribution in [0.4, 0.5) is 10.5 Å². The van der Waals surface area contributed by atoms with Crippen molar-refractivity contribution >= 4 is 11.8 Å². The fourth-order valence-electron chi connectivity index (χ4n) is 2.91. The Morgan fingerprint density at radius 2 is 1.96 bits per heavy atom. The molecule has 1 saturated heterocycles. The number of hydrogen-bond acceptors (Lipinski definition) is 5. The number of carbonyl (C=O) groups is 1. The molecule has 26 heavy (non-hydrogen) atoms. The lowest BCUT2D eigenvalue weighted by molar-refractivity contribution is 0.137. The zero-order chi connectivity index (χ0) is 18.4. The van der Waals surface area contributed by atoms with Crippen molar-refractivity contribution in [1.29, 1.82) is 5.26 Å². The number of carbonyl (C=O) groups excluding carboxylic acids is 1. The van der Waals surface area contributed by atoms with Crippen LogP contribution in [-0.2, 0) is 16.1 Å². The predicted molar refractivity (Wildman–Crippen MR) is 95.9 cm³/mol. The summed E-state index contributed by atoms with van der Waals surface area (Å²) in [6.07, 6.45) is -0.151. The van der Waals surface area contributed by atoms with Crippen LogP contribution in [0.3, 0.4) is 0 Å². The van der Waals surface area contributed by atoms with E-state index >= 15 is 0 Å². The summed E-state index contributed by atoms with van der Waals surface area (Å²) in [5.41, 5.74) is 0.364. The fourth-order valence-corrected chi connectivity index (χ4v) is 2.91. The third-order valence-corrected chi connectivity index (χ3v) is 4.36. The van der Waals surface area contributed by atoms with E-state index in [2.05, 4.69) is 6.07 Å². The van der Waals surface area contributed by atoms with Gasteiger partial charge in [-0.15, -0.1) is 0 Å². The summed E-state index contributed by atoms with van der Waals surface area (Å²) < 4.78 is 16.1. The summed E-state index contributed by atoms with van der Waals surface area (Å²) in [6.45, 7) is 0.705. The van der Waals surface area contributed by atoms with Crippen molar-refractivity contribution in [2.24, 2.45) is 0 Å². The third-order valence-electron chi connectivity index (χ3n) is 4.36. The monoisotopic (exact) mass is 352 g/mol. The number of anilines is 1. The zero-order valence-corrected chi connectivity index (χ0v) is 14.6. The van der Waals surface area contributed by atoms with Crippen molar-refractivity contribution in [3.63, 3.8) is 0 Å². The Bertz CT molecular complexity index is 778. The van der Waals surface area contributed by atoms with Crippen molar-refractivity contribution in [2.75, 3.05) is 25.2 Å². The van der Waals surface area contributed by atoms with Gasteiger partial charge in [-0.3, -0.25) is 4.90 Å². The van der Waals surface area contributed by atoms with E-state index in [0.29, 0.717) is 24.5 Å². The van der Waals surface area contributed by atoms with Crippen molar-refractivity contribution in [3.05, 3.63) is 60.2 Å². The summed E-state index contributed by atoms with van der Waals surface area (Å²) in [4.78, 5) is 14.3. The number of methoxy groups -OCH3 is 1. The first kappa shape index (κ1) is 17.8. The minimum Gasteiger partial charge on any atom is -0.497 e. The molecule has 2 aromatic carbocycles. The lowest BCUT2D eigenvalue weighted by Crippen LogP contribution is -2.52. The Hall–Kier alpha value is -3.04. The van der Waals surface area contributed by atoms with Crippen molar-refractivity contribution in [1.82, 2.24) is 0 Å². The van der Waals surface area contributed by atoms with E-state index in [1.165, 1.54) is 4.90 Å².